The van der Waals surface area contributed by atoms with E-state index >= 15 is 0 Å². The molecule has 0 spiro atoms. The third-order valence-corrected chi connectivity index (χ3v) is 3.70. The van der Waals surface area contributed by atoms with Gasteiger partial charge in [-0.05, 0) is 32.2 Å². The molecule has 15 heavy (non-hydrogen) atoms. The van der Waals surface area contributed by atoms with Gasteiger partial charge in [0.05, 0.1) is 0 Å². The number of piperidine rings is 1. The van der Waals surface area contributed by atoms with Crippen molar-refractivity contribution in [2.75, 3.05) is 19.0 Å². The van der Waals surface area contributed by atoms with Gasteiger partial charge < -0.3 is 10.2 Å². The highest BCUT2D eigenvalue weighted by Gasteiger charge is 2.31. The van der Waals surface area contributed by atoms with Gasteiger partial charge in [0.25, 0.3) is 0 Å². The summed E-state index contributed by atoms with van der Waals surface area (Å²) < 4.78 is 0. The fourth-order valence-corrected chi connectivity index (χ4v) is 2.91. The van der Waals surface area contributed by atoms with Crippen LogP contribution in [0.2, 0.25) is 0 Å². The van der Waals surface area contributed by atoms with Gasteiger partial charge in [-0.15, -0.1) is 11.6 Å². The highest BCUT2D eigenvalue weighted by atomic mass is 35.5. The van der Waals surface area contributed by atoms with Crippen LogP contribution >= 0.6 is 11.6 Å². The van der Waals surface area contributed by atoms with Crippen molar-refractivity contribution in [3.8, 4) is 0 Å². The van der Waals surface area contributed by atoms with Gasteiger partial charge in [0.15, 0.2) is 0 Å². The highest BCUT2D eigenvalue weighted by Crippen LogP contribution is 2.26. The number of hydrogen-bond donors (Lipinski definition) is 1. The zero-order chi connectivity index (χ0) is 10.7. The Morgan fingerprint density at radius 2 is 2.27 bits per heavy atom. The lowest BCUT2D eigenvalue weighted by atomic mass is 9.97. The van der Waals surface area contributed by atoms with E-state index in [-0.39, 0.29) is 5.91 Å². The van der Waals surface area contributed by atoms with E-state index in [1.165, 1.54) is 19.4 Å². The van der Waals surface area contributed by atoms with Gasteiger partial charge in [-0.2, -0.15) is 0 Å². The van der Waals surface area contributed by atoms with E-state index in [1.807, 2.05) is 0 Å². The van der Waals surface area contributed by atoms with Crippen molar-refractivity contribution in [3.05, 3.63) is 0 Å². The molecule has 4 heteroatoms. The van der Waals surface area contributed by atoms with Crippen LogP contribution in [0.25, 0.3) is 0 Å². The van der Waals surface area contributed by atoms with Gasteiger partial charge in [-0.3, -0.25) is 4.79 Å². The Labute approximate surface area is 96.2 Å². The molecule has 3 nitrogen and oxygen atoms in total. The molecular formula is C11H19ClN2O. The maximum atomic E-state index is 11.4. The van der Waals surface area contributed by atoms with Gasteiger partial charge in [0, 0.05) is 30.9 Å². The van der Waals surface area contributed by atoms with Gasteiger partial charge in [-0.25, -0.2) is 0 Å². The van der Waals surface area contributed by atoms with E-state index in [1.54, 1.807) is 0 Å². The zero-order valence-corrected chi connectivity index (χ0v) is 9.80. The van der Waals surface area contributed by atoms with E-state index in [0.717, 1.165) is 25.4 Å². The minimum Gasteiger partial charge on any atom is -0.353 e. The van der Waals surface area contributed by atoms with E-state index in [9.17, 15) is 4.79 Å². The quantitative estimate of drug-likeness (QED) is 0.743. The molecular weight excluding hydrogens is 212 g/mol. The van der Waals surface area contributed by atoms with E-state index in [4.69, 9.17) is 11.6 Å². The fourth-order valence-electron chi connectivity index (χ4n) is 2.74. The largest absolute Gasteiger partial charge is 0.353 e. The number of alkyl halides is 1. The predicted molar refractivity (Wildman–Crippen MR) is 61.1 cm³/mol. The van der Waals surface area contributed by atoms with Crippen LogP contribution in [0.3, 0.4) is 0 Å². The summed E-state index contributed by atoms with van der Waals surface area (Å²) in [5, 5.41) is 3.08. The Kier molecular flexibility index (Phi) is 3.87. The molecule has 0 aromatic heterocycles. The monoisotopic (exact) mass is 230 g/mol. The van der Waals surface area contributed by atoms with Crippen molar-refractivity contribution in [2.24, 2.45) is 0 Å². The summed E-state index contributed by atoms with van der Waals surface area (Å²) in [5.74, 6) is 0.537. The SMILES string of the molecule is O=C(CCCl)NC1CCN2CCCC2C1. The van der Waals surface area contributed by atoms with Gasteiger partial charge in [0.2, 0.25) is 5.91 Å². The smallest absolute Gasteiger partial charge is 0.221 e. The summed E-state index contributed by atoms with van der Waals surface area (Å²) in [5.41, 5.74) is 0. The fraction of sp³-hybridized carbons (Fsp3) is 0.909. The first kappa shape index (κ1) is 11.2. The average molecular weight is 231 g/mol. The second kappa shape index (κ2) is 5.17. The minimum atomic E-state index is 0.112. The first-order valence-corrected chi connectivity index (χ1v) is 6.42. The number of rotatable bonds is 3. The summed E-state index contributed by atoms with van der Waals surface area (Å²) in [7, 11) is 0. The maximum Gasteiger partial charge on any atom is 0.221 e. The average Bonchev–Trinajstić information content (AvgIpc) is 2.65. The van der Waals surface area contributed by atoms with Gasteiger partial charge in [-0.1, -0.05) is 0 Å². The van der Waals surface area contributed by atoms with Crippen molar-refractivity contribution in [3.63, 3.8) is 0 Å². The molecule has 0 saturated carbocycles. The second-order valence-corrected chi connectivity index (χ2v) is 4.94. The molecule has 2 atom stereocenters. The summed E-state index contributed by atoms with van der Waals surface area (Å²) in [6, 6.07) is 1.11. The third kappa shape index (κ3) is 2.85. The molecule has 0 bridgehead atoms. The number of carbonyl (C=O) groups excluding carboxylic acids is 1. The Balaban J connectivity index is 1.77. The number of nitrogens with one attached hydrogen (secondary N) is 1. The van der Waals surface area contributed by atoms with Crippen LogP contribution in [0.1, 0.15) is 32.1 Å². The maximum absolute atomic E-state index is 11.4. The lowest BCUT2D eigenvalue weighted by Gasteiger charge is -2.35. The molecule has 0 aromatic rings. The molecule has 1 amide bonds. The lowest BCUT2D eigenvalue weighted by molar-refractivity contribution is -0.121. The predicted octanol–water partition coefficient (Wildman–Crippen LogP) is 1.36. The Hall–Kier alpha value is -0.280. The molecule has 0 aliphatic carbocycles. The van der Waals surface area contributed by atoms with Crippen molar-refractivity contribution >= 4 is 17.5 Å². The number of carbonyl (C=O) groups is 1. The second-order valence-electron chi connectivity index (χ2n) is 4.56. The molecule has 2 unspecified atom stereocenters. The van der Waals surface area contributed by atoms with Crippen LogP contribution in [0.4, 0.5) is 0 Å². The molecule has 2 saturated heterocycles. The molecule has 2 rings (SSSR count). The zero-order valence-electron chi connectivity index (χ0n) is 9.04. The summed E-state index contributed by atoms with van der Waals surface area (Å²) in [6.45, 7) is 2.41. The van der Waals surface area contributed by atoms with Gasteiger partial charge in [0.1, 0.15) is 0 Å². The van der Waals surface area contributed by atoms with Crippen LogP contribution in [0, 0.1) is 0 Å². The minimum absolute atomic E-state index is 0.112. The normalized spacial score (nSPS) is 31.3. The van der Waals surface area contributed by atoms with Crippen LogP contribution < -0.4 is 5.32 Å². The number of nitrogens with zero attached hydrogens (tertiary/aromatic N) is 1. The molecule has 1 N–H and O–H groups in total. The Bertz CT molecular complexity index is 235. The molecule has 2 heterocycles. The number of hydrogen-bond acceptors (Lipinski definition) is 2. The van der Waals surface area contributed by atoms with Gasteiger partial charge >= 0.3 is 0 Å². The van der Waals surface area contributed by atoms with E-state index in [2.05, 4.69) is 10.2 Å². The summed E-state index contributed by atoms with van der Waals surface area (Å²) in [6.07, 6.45) is 5.32. The first-order valence-electron chi connectivity index (χ1n) is 5.89. The van der Waals surface area contributed by atoms with E-state index in [0.29, 0.717) is 18.3 Å². The molecule has 0 radical (unpaired) electrons. The Morgan fingerprint density at radius 1 is 1.40 bits per heavy atom. The van der Waals surface area contributed by atoms with E-state index < -0.39 is 0 Å². The molecule has 2 fully saturated rings. The van der Waals surface area contributed by atoms with Crippen LogP contribution in [0.5, 0.6) is 0 Å². The number of amides is 1. The molecule has 2 aliphatic heterocycles. The van der Waals surface area contributed by atoms with Crippen LogP contribution in [0.15, 0.2) is 0 Å². The highest BCUT2D eigenvalue weighted by molar-refractivity contribution is 6.18. The lowest BCUT2D eigenvalue weighted by Crippen LogP contribution is -2.47. The van der Waals surface area contributed by atoms with Crippen LogP contribution in [-0.2, 0) is 4.79 Å². The van der Waals surface area contributed by atoms with Crippen molar-refractivity contribution in [1.82, 2.24) is 10.2 Å². The van der Waals surface area contributed by atoms with Crippen molar-refractivity contribution in [2.45, 2.75) is 44.2 Å². The van der Waals surface area contributed by atoms with Crippen molar-refractivity contribution < 1.29 is 4.79 Å². The summed E-state index contributed by atoms with van der Waals surface area (Å²) in [4.78, 5) is 14.0. The number of fused-ring (bicyclic) bond motifs is 1. The number of halogens is 1. The van der Waals surface area contributed by atoms with Crippen molar-refractivity contribution in [1.29, 1.82) is 0 Å². The third-order valence-electron chi connectivity index (χ3n) is 3.51. The summed E-state index contributed by atoms with van der Waals surface area (Å²) >= 11 is 5.53. The first-order chi connectivity index (χ1) is 7.29. The topological polar surface area (TPSA) is 32.3 Å². The molecule has 2 aliphatic rings. The molecule has 0 aromatic carbocycles. The standard InChI is InChI=1S/C11H19ClN2O/c12-5-3-11(15)13-9-4-7-14-6-1-2-10(14)8-9/h9-10H,1-8H2,(H,13,15). The Morgan fingerprint density at radius 3 is 3.07 bits per heavy atom. The van der Waals surface area contributed by atoms with Crippen LogP contribution in [-0.4, -0.2) is 41.9 Å². The molecule has 86 valence electrons.